The molecule has 2 heteroatoms. The average molecular weight is 194 g/mol. The second-order valence-corrected chi connectivity index (χ2v) is 4.77. The minimum atomic E-state index is 0.175. The lowest BCUT2D eigenvalue weighted by molar-refractivity contribution is 1.52. The highest BCUT2D eigenvalue weighted by Crippen LogP contribution is 2.13. The molecule has 0 aliphatic heterocycles. The Balaban J connectivity index is 2.52. The van der Waals surface area contributed by atoms with Crippen molar-refractivity contribution in [2.45, 2.75) is 0 Å². The molecular formula is C12H8NSi. The SMILES string of the molecule is [c]1cccc2nc3ccccc3[siH]c12. The van der Waals surface area contributed by atoms with E-state index in [-0.39, 0.29) is 9.12 Å². The van der Waals surface area contributed by atoms with Crippen molar-refractivity contribution in [2.24, 2.45) is 0 Å². The Kier molecular flexibility index (Phi) is 1.67. The molecule has 0 atom stereocenters. The summed E-state index contributed by atoms with van der Waals surface area (Å²) in [5.74, 6) is 0. The summed E-state index contributed by atoms with van der Waals surface area (Å²) in [6, 6.07) is 17.7. The summed E-state index contributed by atoms with van der Waals surface area (Å²) < 4.78 is 0. The quantitative estimate of drug-likeness (QED) is 0.395. The van der Waals surface area contributed by atoms with Gasteiger partial charge >= 0.3 is 0 Å². The maximum Gasteiger partial charge on any atom is 0.0668 e. The lowest BCUT2D eigenvalue weighted by atomic mass is 10.3. The van der Waals surface area contributed by atoms with Crippen LogP contribution in [0.4, 0.5) is 0 Å². The maximum absolute atomic E-state index is 4.60. The Hall–Kier alpha value is -1.54. The van der Waals surface area contributed by atoms with Crippen molar-refractivity contribution in [1.82, 2.24) is 4.98 Å². The summed E-state index contributed by atoms with van der Waals surface area (Å²) in [6.07, 6.45) is 0. The van der Waals surface area contributed by atoms with Crippen LogP contribution in [-0.2, 0) is 0 Å². The molecule has 1 nitrogen and oxygen atoms in total. The topological polar surface area (TPSA) is 12.9 Å². The van der Waals surface area contributed by atoms with Crippen LogP contribution < -0.4 is 0 Å². The molecule has 2 aromatic carbocycles. The molecule has 3 rings (SSSR count). The van der Waals surface area contributed by atoms with Gasteiger partial charge in [0.05, 0.1) is 11.0 Å². The zero-order valence-electron chi connectivity index (χ0n) is 7.57. The lowest BCUT2D eigenvalue weighted by Crippen LogP contribution is -1.86. The van der Waals surface area contributed by atoms with E-state index in [1.165, 1.54) is 9.99 Å². The fourth-order valence-electron chi connectivity index (χ4n) is 1.65. The summed E-state index contributed by atoms with van der Waals surface area (Å²) in [5, 5.41) is 0. The van der Waals surface area contributed by atoms with E-state index < -0.39 is 0 Å². The Morgan fingerprint density at radius 1 is 1.00 bits per heavy atom. The van der Waals surface area contributed by atoms with Gasteiger partial charge in [-0.1, -0.05) is 30.3 Å². The molecule has 0 bridgehead atoms. The van der Waals surface area contributed by atoms with Crippen molar-refractivity contribution in [3.63, 3.8) is 0 Å². The monoisotopic (exact) mass is 194 g/mol. The molecule has 0 fully saturated rings. The Labute approximate surface area is 84.2 Å². The Morgan fingerprint density at radius 3 is 2.86 bits per heavy atom. The molecule has 0 N–H and O–H groups in total. The van der Waals surface area contributed by atoms with Gasteiger partial charge in [-0.15, -0.1) is 0 Å². The van der Waals surface area contributed by atoms with Gasteiger partial charge in [0.2, 0.25) is 0 Å². The third kappa shape index (κ3) is 1.15. The molecule has 0 amide bonds. The van der Waals surface area contributed by atoms with Crippen LogP contribution in [0.5, 0.6) is 0 Å². The molecule has 0 saturated carbocycles. The number of fused-ring (bicyclic) bond motifs is 2. The summed E-state index contributed by atoms with van der Waals surface area (Å²) in [6.45, 7) is 0. The van der Waals surface area contributed by atoms with Crippen LogP contribution in [0, 0.1) is 6.07 Å². The van der Waals surface area contributed by atoms with Crippen molar-refractivity contribution < 1.29 is 0 Å². The molecule has 0 aliphatic rings. The van der Waals surface area contributed by atoms with Crippen molar-refractivity contribution >= 4 is 30.1 Å². The summed E-state index contributed by atoms with van der Waals surface area (Å²) in [7, 11) is 0.175. The minimum absolute atomic E-state index is 0.175. The Morgan fingerprint density at radius 2 is 1.86 bits per heavy atom. The van der Waals surface area contributed by atoms with E-state index in [1.807, 2.05) is 18.2 Å². The first-order valence-electron chi connectivity index (χ1n) is 4.60. The fraction of sp³-hybridized carbons (Fsp3) is 0. The molecule has 3 aromatic rings. The molecule has 65 valence electrons. The molecule has 14 heavy (non-hydrogen) atoms. The van der Waals surface area contributed by atoms with Gasteiger partial charge in [-0.25, -0.2) is 4.98 Å². The van der Waals surface area contributed by atoms with Crippen molar-refractivity contribution in [2.75, 3.05) is 0 Å². The van der Waals surface area contributed by atoms with E-state index in [0.29, 0.717) is 0 Å². The number of benzene rings is 2. The van der Waals surface area contributed by atoms with Crippen LogP contribution in [0.25, 0.3) is 21.0 Å². The first-order chi connectivity index (χ1) is 6.93. The van der Waals surface area contributed by atoms with Crippen LogP contribution in [0.15, 0.2) is 42.5 Å². The summed E-state index contributed by atoms with van der Waals surface area (Å²) in [5.41, 5.74) is 2.23. The molecule has 0 aliphatic carbocycles. The molecule has 0 unspecified atom stereocenters. The normalized spacial score (nSPS) is 10.9. The van der Waals surface area contributed by atoms with E-state index in [1.54, 1.807) is 0 Å². The number of rotatable bonds is 0. The van der Waals surface area contributed by atoms with Crippen LogP contribution >= 0.6 is 0 Å². The highest BCUT2D eigenvalue weighted by atomic mass is 28.2. The van der Waals surface area contributed by atoms with E-state index in [0.717, 1.165) is 11.0 Å². The zero-order chi connectivity index (χ0) is 9.38. The minimum Gasteiger partial charge on any atom is -0.249 e. The fourth-order valence-corrected chi connectivity index (χ4v) is 2.97. The van der Waals surface area contributed by atoms with Gasteiger partial charge in [-0.3, -0.25) is 0 Å². The highest BCUT2D eigenvalue weighted by molar-refractivity contribution is 6.58. The number of nitrogens with zero attached hydrogens (tertiary/aromatic N) is 1. The van der Waals surface area contributed by atoms with Crippen molar-refractivity contribution in [3.8, 4) is 0 Å². The number of aromatic nitrogens is 1. The predicted molar refractivity (Wildman–Crippen MR) is 60.8 cm³/mol. The molecular weight excluding hydrogens is 186 g/mol. The van der Waals surface area contributed by atoms with Crippen molar-refractivity contribution in [3.05, 3.63) is 48.5 Å². The smallest absolute Gasteiger partial charge is 0.0668 e. The van der Waals surface area contributed by atoms with E-state index in [9.17, 15) is 0 Å². The first kappa shape index (κ1) is 7.82. The standard InChI is InChI=1S/C12H8NSi/c1-3-7-11-9(5-1)13-10-6-2-4-8-12(10)14-11/h1-7,14H. The second-order valence-electron chi connectivity index (χ2n) is 3.28. The molecule has 0 saturated heterocycles. The highest BCUT2D eigenvalue weighted by Gasteiger charge is 1.97. The predicted octanol–water partition coefficient (Wildman–Crippen LogP) is 2.26. The van der Waals surface area contributed by atoms with Crippen molar-refractivity contribution in [1.29, 1.82) is 0 Å². The second kappa shape index (κ2) is 2.99. The van der Waals surface area contributed by atoms with E-state index >= 15 is 0 Å². The third-order valence-corrected chi connectivity index (χ3v) is 3.89. The van der Waals surface area contributed by atoms with Gasteiger partial charge in [0, 0.05) is 9.12 Å². The van der Waals surface area contributed by atoms with Crippen LogP contribution in [-0.4, -0.2) is 14.1 Å². The van der Waals surface area contributed by atoms with E-state index in [2.05, 4.69) is 35.3 Å². The number of hydrogen-bond donors (Lipinski definition) is 0. The van der Waals surface area contributed by atoms with Gasteiger partial charge in [0.15, 0.2) is 0 Å². The van der Waals surface area contributed by atoms with Gasteiger partial charge in [-0.05, 0) is 28.2 Å². The first-order valence-corrected chi connectivity index (χ1v) is 5.75. The molecule has 1 aromatic heterocycles. The summed E-state index contributed by atoms with van der Waals surface area (Å²) >= 11 is 0. The third-order valence-electron chi connectivity index (χ3n) is 2.34. The van der Waals surface area contributed by atoms with Gasteiger partial charge in [0.25, 0.3) is 0 Å². The molecule has 1 heterocycles. The average Bonchev–Trinajstić information content (AvgIpc) is 2.26. The summed E-state index contributed by atoms with van der Waals surface area (Å²) in [4.78, 5) is 7.26. The molecule has 1 radical (unpaired) electrons. The van der Waals surface area contributed by atoms with Crippen LogP contribution in [0.1, 0.15) is 0 Å². The van der Waals surface area contributed by atoms with Gasteiger partial charge in [-0.2, -0.15) is 0 Å². The van der Waals surface area contributed by atoms with Gasteiger partial charge < -0.3 is 0 Å². The number of hydrogen-bond acceptors (Lipinski definition) is 1. The van der Waals surface area contributed by atoms with Gasteiger partial charge in [0.1, 0.15) is 0 Å². The number of para-hydroxylation sites is 1. The zero-order valence-corrected chi connectivity index (χ0v) is 8.72. The van der Waals surface area contributed by atoms with Crippen LogP contribution in [0.2, 0.25) is 0 Å². The Bertz CT molecular complexity index is 499. The largest absolute Gasteiger partial charge is 0.249 e. The van der Waals surface area contributed by atoms with E-state index in [4.69, 9.17) is 0 Å². The lowest BCUT2D eigenvalue weighted by Gasteiger charge is -1.99. The molecule has 0 spiro atoms. The maximum atomic E-state index is 4.60. The van der Waals surface area contributed by atoms with Crippen LogP contribution in [0.3, 0.4) is 0 Å².